The summed E-state index contributed by atoms with van der Waals surface area (Å²) in [6.45, 7) is -0.00201. The van der Waals surface area contributed by atoms with Crippen molar-refractivity contribution in [3.8, 4) is 0 Å². The minimum Gasteiger partial charge on any atom is -0.298 e. The lowest BCUT2D eigenvalue weighted by atomic mass is 10.2. The van der Waals surface area contributed by atoms with E-state index in [-0.39, 0.29) is 6.61 Å². The van der Waals surface area contributed by atoms with E-state index in [1.165, 1.54) is 0 Å². The lowest BCUT2D eigenvalue weighted by Crippen LogP contribution is -2.02. The van der Waals surface area contributed by atoms with Crippen molar-refractivity contribution < 1.29 is 17.4 Å². The van der Waals surface area contributed by atoms with Crippen molar-refractivity contribution in [3.05, 3.63) is 35.4 Å². The van der Waals surface area contributed by atoms with Gasteiger partial charge in [-0.2, -0.15) is 8.42 Å². The molecule has 0 fully saturated rings. The van der Waals surface area contributed by atoms with Crippen molar-refractivity contribution in [1.82, 2.24) is 0 Å². The number of carbonyl (C=O) groups is 1. The van der Waals surface area contributed by atoms with E-state index >= 15 is 0 Å². The highest BCUT2D eigenvalue weighted by Crippen LogP contribution is 2.05. The van der Waals surface area contributed by atoms with Gasteiger partial charge in [0.1, 0.15) is 6.29 Å². The molecule has 0 heterocycles. The first-order valence-electron chi connectivity index (χ1n) is 3.90. The standard InChI is InChI=1S/C9H10O4S/c1-14(11,12)13-7-9-4-2-8(6-10)3-5-9/h2-6H,7H2,1H3. The molecule has 0 N–H and O–H groups in total. The van der Waals surface area contributed by atoms with Crippen molar-refractivity contribution in [1.29, 1.82) is 0 Å². The molecule has 0 aliphatic carbocycles. The van der Waals surface area contributed by atoms with Gasteiger partial charge in [0, 0.05) is 5.56 Å². The van der Waals surface area contributed by atoms with Gasteiger partial charge in [-0.25, -0.2) is 0 Å². The largest absolute Gasteiger partial charge is 0.298 e. The van der Waals surface area contributed by atoms with Crippen LogP contribution >= 0.6 is 0 Å². The number of hydrogen-bond donors (Lipinski definition) is 0. The Hall–Kier alpha value is -1.20. The summed E-state index contributed by atoms with van der Waals surface area (Å²) >= 11 is 0. The molecular weight excluding hydrogens is 204 g/mol. The zero-order valence-electron chi connectivity index (χ0n) is 7.64. The van der Waals surface area contributed by atoms with Gasteiger partial charge in [0.25, 0.3) is 10.1 Å². The summed E-state index contributed by atoms with van der Waals surface area (Å²) in [5.74, 6) is 0. The molecular formula is C9H10O4S. The Morgan fingerprint density at radius 3 is 2.29 bits per heavy atom. The molecule has 0 radical (unpaired) electrons. The molecule has 1 aromatic rings. The molecule has 76 valence electrons. The molecule has 0 atom stereocenters. The predicted molar refractivity (Wildman–Crippen MR) is 51.5 cm³/mol. The van der Waals surface area contributed by atoms with Gasteiger partial charge in [-0.05, 0) is 5.56 Å². The minimum absolute atomic E-state index is 0.00201. The van der Waals surface area contributed by atoms with E-state index in [9.17, 15) is 13.2 Å². The molecule has 14 heavy (non-hydrogen) atoms. The van der Waals surface area contributed by atoms with Gasteiger partial charge in [-0.3, -0.25) is 8.98 Å². The Bertz CT molecular complexity index is 405. The van der Waals surface area contributed by atoms with Crippen LogP contribution in [-0.2, 0) is 20.9 Å². The molecule has 0 bridgehead atoms. The fourth-order valence-corrected chi connectivity index (χ4v) is 1.22. The molecule has 4 nitrogen and oxygen atoms in total. The number of rotatable bonds is 4. The van der Waals surface area contributed by atoms with E-state index < -0.39 is 10.1 Å². The summed E-state index contributed by atoms with van der Waals surface area (Å²) in [4.78, 5) is 10.3. The molecule has 0 saturated heterocycles. The second-order valence-electron chi connectivity index (χ2n) is 2.83. The number of benzene rings is 1. The normalized spacial score (nSPS) is 11.2. The van der Waals surface area contributed by atoms with Crippen LogP contribution in [0, 0.1) is 0 Å². The van der Waals surface area contributed by atoms with E-state index in [4.69, 9.17) is 0 Å². The summed E-state index contributed by atoms with van der Waals surface area (Å²) in [6.07, 6.45) is 1.72. The van der Waals surface area contributed by atoms with Crippen LogP contribution in [0.3, 0.4) is 0 Å². The lowest BCUT2D eigenvalue weighted by Gasteiger charge is -2.01. The van der Waals surface area contributed by atoms with Crippen LogP contribution in [0.25, 0.3) is 0 Å². The summed E-state index contributed by atoms with van der Waals surface area (Å²) in [5.41, 5.74) is 1.26. The van der Waals surface area contributed by atoms with Crippen molar-refractivity contribution >= 4 is 16.4 Å². The molecule has 0 saturated carbocycles. The van der Waals surface area contributed by atoms with Gasteiger partial charge < -0.3 is 0 Å². The van der Waals surface area contributed by atoms with Crippen molar-refractivity contribution in [2.24, 2.45) is 0 Å². The van der Waals surface area contributed by atoms with Crippen LogP contribution in [0.2, 0.25) is 0 Å². The molecule has 0 aliphatic rings. The fourth-order valence-electron chi connectivity index (χ4n) is 0.868. The van der Waals surface area contributed by atoms with E-state index in [1.54, 1.807) is 24.3 Å². The Kier molecular flexibility index (Phi) is 3.38. The lowest BCUT2D eigenvalue weighted by molar-refractivity contribution is 0.112. The van der Waals surface area contributed by atoms with Gasteiger partial charge in [0.15, 0.2) is 0 Å². The van der Waals surface area contributed by atoms with Crippen molar-refractivity contribution in [2.75, 3.05) is 6.26 Å². The maximum atomic E-state index is 10.6. The number of carbonyl (C=O) groups excluding carboxylic acids is 1. The topological polar surface area (TPSA) is 60.4 Å². The highest BCUT2D eigenvalue weighted by atomic mass is 32.2. The summed E-state index contributed by atoms with van der Waals surface area (Å²) in [7, 11) is -3.41. The van der Waals surface area contributed by atoms with Gasteiger partial charge in [-0.1, -0.05) is 24.3 Å². The van der Waals surface area contributed by atoms with Crippen LogP contribution < -0.4 is 0 Å². The number of hydrogen-bond acceptors (Lipinski definition) is 4. The van der Waals surface area contributed by atoms with E-state index in [2.05, 4.69) is 4.18 Å². The Labute approximate surface area is 82.6 Å². The first-order valence-corrected chi connectivity index (χ1v) is 5.71. The van der Waals surface area contributed by atoms with Gasteiger partial charge in [-0.15, -0.1) is 0 Å². The summed E-state index contributed by atoms with van der Waals surface area (Å²) < 4.78 is 25.9. The monoisotopic (exact) mass is 214 g/mol. The molecule has 0 aliphatic heterocycles. The second-order valence-corrected chi connectivity index (χ2v) is 4.47. The van der Waals surface area contributed by atoms with E-state index in [1.807, 2.05) is 0 Å². The van der Waals surface area contributed by atoms with E-state index in [0.717, 1.165) is 12.5 Å². The average Bonchev–Trinajstić information content (AvgIpc) is 2.14. The maximum absolute atomic E-state index is 10.6. The van der Waals surface area contributed by atoms with Crippen LogP contribution in [-0.4, -0.2) is 21.0 Å². The van der Waals surface area contributed by atoms with Crippen LogP contribution in [0.1, 0.15) is 15.9 Å². The van der Waals surface area contributed by atoms with Crippen molar-refractivity contribution in [3.63, 3.8) is 0 Å². The molecule has 1 aromatic carbocycles. The third-order valence-corrected chi connectivity index (χ3v) is 2.10. The van der Waals surface area contributed by atoms with E-state index in [0.29, 0.717) is 11.1 Å². The third kappa shape index (κ3) is 3.68. The van der Waals surface area contributed by atoms with Crippen molar-refractivity contribution in [2.45, 2.75) is 6.61 Å². The quantitative estimate of drug-likeness (QED) is 0.553. The Morgan fingerprint density at radius 2 is 1.86 bits per heavy atom. The predicted octanol–water partition coefficient (Wildman–Crippen LogP) is 0.975. The number of aldehydes is 1. The third-order valence-electron chi connectivity index (χ3n) is 1.56. The zero-order chi connectivity index (χ0) is 10.6. The Balaban J connectivity index is 2.65. The zero-order valence-corrected chi connectivity index (χ0v) is 8.45. The van der Waals surface area contributed by atoms with Gasteiger partial charge in [0.05, 0.1) is 12.9 Å². The fraction of sp³-hybridized carbons (Fsp3) is 0.222. The van der Waals surface area contributed by atoms with Crippen LogP contribution in [0.4, 0.5) is 0 Å². The average molecular weight is 214 g/mol. The summed E-state index contributed by atoms with van der Waals surface area (Å²) in [6, 6.07) is 6.51. The molecule has 0 unspecified atom stereocenters. The Morgan fingerprint density at radius 1 is 1.29 bits per heavy atom. The highest BCUT2D eigenvalue weighted by molar-refractivity contribution is 7.85. The first-order chi connectivity index (χ1) is 6.51. The SMILES string of the molecule is CS(=O)(=O)OCc1ccc(C=O)cc1. The first kappa shape index (κ1) is 10.9. The summed E-state index contributed by atoms with van der Waals surface area (Å²) in [5, 5.41) is 0. The molecule has 1 rings (SSSR count). The smallest absolute Gasteiger partial charge is 0.264 e. The molecule has 5 heteroatoms. The van der Waals surface area contributed by atoms with Gasteiger partial charge >= 0.3 is 0 Å². The maximum Gasteiger partial charge on any atom is 0.264 e. The minimum atomic E-state index is -3.41. The second kappa shape index (κ2) is 4.34. The molecule has 0 aromatic heterocycles. The van der Waals surface area contributed by atoms with Crippen LogP contribution in [0.5, 0.6) is 0 Å². The highest BCUT2D eigenvalue weighted by Gasteiger charge is 2.02. The molecule has 0 spiro atoms. The van der Waals surface area contributed by atoms with Crippen LogP contribution in [0.15, 0.2) is 24.3 Å². The van der Waals surface area contributed by atoms with Gasteiger partial charge in [0.2, 0.25) is 0 Å². The molecule has 0 amide bonds.